The predicted octanol–water partition coefficient (Wildman–Crippen LogP) is -0.622. The predicted molar refractivity (Wildman–Crippen MR) is 50.1 cm³/mol. The van der Waals surface area contributed by atoms with E-state index in [0.717, 1.165) is 13.1 Å². The van der Waals surface area contributed by atoms with Gasteiger partial charge in [0.05, 0.1) is 0 Å². The summed E-state index contributed by atoms with van der Waals surface area (Å²) >= 11 is 2.73. The lowest BCUT2D eigenvalue weighted by molar-refractivity contribution is 0.222. The lowest BCUT2D eigenvalue weighted by Gasteiger charge is -2.30. The van der Waals surface area contributed by atoms with Gasteiger partial charge in [0.25, 0.3) is 10.2 Å². The van der Waals surface area contributed by atoms with E-state index in [1.54, 1.807) is 0 Å². The van der Waals surface area contributed by atoms with E-state index in [1.165, 1.54) is 4.31 Å². The molecule has 0 radical (unpaired) electrons. The normalized spacial score (nSPS) is 22.8. The van der Waals surface area contributed by atoms with E-state index < -0.39 is 10.2 Å². The minimum Gasteiger partial charge on any atom is -0.304 e. The van der Waals surface area contributed by atoms with Gasteiger partial charge < -0.3 is 4.90 Å². The van der Waals surface area contributed by atoms with Gasteiger partial charge >= 0.3 is 0 Å². The van der Waals surface area contributed by atoms with Crippen LogP contribution in [0, 0.1) is 0 Å². The van der Waals surface area contributed by atoms with Crippen LogP contribution in [-0.2, 0) is 10.2 Å². The van der Waals surface area contributed by atoms with E-state index in [2.05, 4.69) is 24.8 Å². The molecule has 1 rings (SSSR count). The molecule has 1 saturated heterocycles. The molecule has 0 aromatic carbocycles. The molecular weight excluding hydrogens is 246 g/mol. The molecule has 1 aliphatic heterocycles. The van der Waals surface area contributed by atoms with Crippen LogP contribution < -0.4 is 3.75 Å². The Labute approximate surface area is 81.2 Å². The van der Waals surface area contributed by atoms with Gasteiger partial charge in [-0.1, -0.05) is 0 Å². The van der Waals surface area contributed by atoms with Crippen molar-refractivity contribution in [2.24, 2.45) is 0 Å². The van der Waals surface area contributed by atoms with Crippen LogP contribution in [0.5, 0.6) is 0 Å². The van der Waals surface area contributed by atoms with Crippen molar-refractivity contribution >= 4 is 26.4 Å². The number of nitrogens with one attached hydrogen (secondary N) is 1. The Bertz CT molecular complexity index is 235. The maximum atomic E-state index is 11.2. The molecule has 0 aliphatic carbocycles. The van der Waals surface area contributed by atoms with Crippen molar-refractivity contribution in [1.82, 2.24) is 13.0 Å². The first-order chi connectivity index (χ1) is 5.56. The number of likely N-dealkylation sites (N-methyl/N-ethyl adjacent to an activating group) is 1. The fourth-order valence-corrected chi connectivity index (χ4v) is 2.43. The average molecular weight is 258 g/mol. The SMILES string of the molecule is CN1CCN(S(=O)(=O)NBr)CC1. The summed E-state index contributed by atoms with van der Waals surface area (Å²) in [5.74, 6) is 0. The van der Waals surface area contributed by atoms with Gasteiger partial charge in [-0.25, -0.2) is 0 Å². The van der Waals surface area contributed by atoms with Gasteiger partial charge in [-0.3, -0.25) is 0 Å². The largest absolute Gasteiger partial charge is 0.304 e. The Morgan fingerprint density at radius 1 is 1.25 bits per heavy atom. The molecule has 1 N–H and O–H groups in total. The molecule has 5 nitrogen and oxygen atoms in total. The number of nitrogens with zero attached hydrogens (tertiary/aromatic N) is 2. The lowest BCUT2D eigenvalue weighted by atomic mass is 10.4. The molecule has 0 aromatic heterocycles. The first-order valence-corrected chi connectivity index (χ1v) is 5.85. The van der Waals surface area contributed by atoms with Crippen molar-refractivity contribution in [3.05, 3.63) is 0 Å². The molecule has 12 heavy (non-hydrogen) atoms. The highest BCUT2D eigenvalue weighted by molar-refractivity contribution is 9.09. The summed E-state index contributed by atoms with van der Waals surface area (Å²) in [5.41, 5.74) is 0. The smallest absolute Gasteiger partial charge is 0.289 e. The monoisotopic (exact) mass is 257 g/mol. The van der Waals surface area contributed by atoms with Crippen LogP contribution in [0.2, 0.25) is 0 Å². The number of hydrogen-bond donors (Lipinski definition) is 1. The topological polar surface area (TPSA) is 52.7 Å². The molecule has 0 amide bonds. The summed E-state index contributed by atoms with van der Waals surface area (Å²) in [4.78, 5) is 2.10. The third kappa shape index (κ3) is 2.40. The van der Waals surface area contributed by atoms with Crippen LogP contribution >= 0.6 is 16.1 Å². The zero-order chi connectivity index (χ0) is 9.19. The summed E-state index contributed by atoms with van der Waals surface area (Å²) in [6.45, 7) is 2.68. The minimum absolute atomic E-state index is 0.553. The van der Waals surface area contributed by atoms with Crippen LogP contribution in [0.4, 0.5) is 0 Å². The summed E-state index contributed by atoms with van der Waals surface area (Å²) < 4.78 is 26.0. The zero-order valence-corrected chi connectivity index (χ0v) is 9.23. The molecule has 1 heterocycles. The van der Waals surface area contributed by atoms with E-state index >= 15 is 0 Å². The molecule has 72 valence electrons. The number of piperazine rings is 1. The second-order valence-corrected chi connectivity index (χ2v) is 5.38. The Balaban J connectivity index is 2.56. The van der Waals surface area contributed by atoms with Crippen LogP contribution in [-0.4, -0.2) is 50.8 Å². The van der Waals surface area contributed by atoms with E-state index in [0.29, 0.717) is 13.1 Å². The highest BCUT2D eigenvalue weighted by Gasteiger charge is 2.24. The summed E-state index contributed by atoms with van der Waals surface area (Å²) in [6.07, 6.45) is 0. The highest BCUT2D eigenvalue weighted by atomic mass is 79.9. The first-order valence-electron chi connectivity index (χ1n) is 3.62. The van der Waals surface area contributed by atoms with Gasteiger partial charge in [-0.05, 0) is 7.05 Å². The molecule has 0 aromatic rings. The molecule has 1 aliphatic rings. The van der Waals surface area contributed by atoms with Crippen LogP contribution in [0.1, 0.15) is 0 Å². The second-order valence-electron chi connectivity index (χ2n) is 2.78. The standard InChI is InChI=1S/C5H12BrN3O2S/c1-8-2-4-9(5-3-8)12(10,11)7-6/h7H,2-5H2,1H3. The van der Waals surface area contributed by atoms with Crippen molar-refractivity contribution in [2.45, 2.75) is 0 Å². The van der Waals surface area contributed by atoms with Gasteiger partial charge in [-0.2, -0.15) is 12.7 Å². The van der Waals surface area contributed by atoms with Gasteiger partial charge in [0.2, 0.25) is 0 Å². The van der Waals surface area contributed by atoms with E-state index in [4.69, 9.17) is 0 Å². The third-order valence-corrected chi connectivity index (χ3v) is 4.37. The Morgan fingerprint density at radius 2 is 1.75 bits per heavy atom. The van der Waals surface area contributed by atoms with E-state index in [1.807, 2.05) is 7.05 Å². The molecule has 0 spiro atoms. The fourth-order valence-electron chi connectivity index (χ4n) is 1.08. The third-order valence-electron chi connectivity index (χ3n) is 1.90. The van der Waals surface area contributed by atoms with Gasteiger partial charge in [0, 0.05) is 42.3 Å². The van der Waals surface area contributed by atoms with E-state index in [9.17, 15) is 8.42 Å². The quantitative estimate of drug-likeness (QED) is 0.671. The summed E-state index contributed by atoms with van der Waals surface area (Å²) in [6, 6.07) is 0. The molecule has 0 unspecified atom stereocenters. The fraction of sp³-hybridized carbons (Fsp3) is 1.00. The molecule has 1 fully saturated rings. The summed E-state index contributed by atoms with van der Waals surface area (Å²) in [5, 5.41) is 0. The number of rotatable bonds is 2. The molecular formula is C5H12BrN3O2S. The van der Waals surface area contributed by atoms with Crippen LogP contribution in [0.15, 0.2) is 0 Å². The Morgan fingerprint density at radius 3 is 2.17 bits per heavy atom. The highest BCUT2D eigenvalue weighted by Crippen LogP contribution is 2.04. The van der Waals surface area contributed by atoms with Gasteiger partial charge in [0.15, 0.2) is 0 Å². The zero-order valence-electron chi connectivity index (χ0n) is 6.83. The van der Waals surface area contributed by atoms with Crippen LogP contribution in [0.25, 0.3) is 0 Å². The van der Waals surface area contributed by atoms with Gasteiger partial charge in [0.1, 0.15) is 0 Å². The van der Waals surface area contributed by atoms with Crippen molar-refractivity contribution in [2.75, 3.05) is 33.2 Å². The minimum atomic E-state index is -3.27. The Kier molecular flexibility index (Phi) is 3.47. The average Bonchev–Trinajstić information content (AvgIpc) is 2.05. The summed E-state index contributed by atoms with van der Waals surface area (Å²) in [7, 11) is -1.29. The number of hydrogen-bond acceptors (Lipinski definition) is 3. The number of halogens is 1. The van der Waals surface area contributed by atoms with E-state index in [-0.39, 0.29) is 0 Å². The molecule has 0 bridgehead atoms. The second kappa shape index (κ2) is 4.01. The maximum Gasteiger partial charge on any atom is 0.289 e. The lowest BCUT2D eigenvalue weighted by Crippen LogP contribution is -2.49. The molecule has 7 heteroatoms. The Hall–Kier alpha value is 0.310. The maximum absolute atomic E-state index is 11.2. The van der Waals surface area contributed by atoms with Crippen molar-refractivity contribution in [3.8, 4) is 0 Å². The first kappa shape index (κ1) is 10.4. The van der Waals surface area contributed by atoms with Crippen molar-refractivity contribution < 1.29 is 8.42 Å². The van der Waals surface area contributed by atoms with Crippen molar-refractivity contribution in [3.63, 3.8) is 0 Å². The van der Waals surface area contributed by atoms with Gasteiger partial charge in [-0.15, -0.1) is 3.75 Å². The van der Waals surface area contributed by atoms with Crippen LogP contribution in [0.3, 0.4) is 0 Å². The molecule has 0 atom stereocenters. The molecule has 0 saturated carbocycles. The van der Waals surface area contributed by atoms with Crippen molar-refractivity contribution in [1.29, 1.82) is 0 Å².